The first kappa shape index (κ1) is 13.8. The molecule has 0 aliphatic heterocycles. The van der Waals surface area contributed by atoms with E-state index in [1.54, 1.807) is 0 Å². The minimum Gasteiger partial charge on any atom is -0.478 e. The molecule has 1 rings (SSSR count). The third-order valence-corrected chi connectivity index (χ3v) is 2.67. The molecule has 0 atom stereocenters. The van der Waals surface area contributed by atoms with Gasteiger partial charge in [0.25, 0.3) is 0 Å². The van der Waals surface area contributed by atoms with Crippen molar-refractivity contribution in [3.63, 3.8) is 0 Å². The first-order valence-corrected chi connectivity index (χ1v) is 6.17. The van der Waals surface area contributed by atoms with Crippen molar-refractivity contribution in [3.8, 4) is 5.88 Å². The molecule has 1 aromatic heterocycles. The van der Waals surface area contributed by atoms with Crippen molar-refractivity contribution in [1.82, 2.24) is 9.88 Å². The number of likely N-dealkylation sites (N-methyl/N-ethyl adjacent to an activating group) is 1. The van der Waals surface area contributed by atoms with Crippen LogP contribution in [0.25, 0.3) is 0 Å². The smallest absolute Gasteiger partial charge is 0.215 e. The maximum Gasteiger partial charge on any atom is 0.215 e. The molecule has 0 unspecified atom stereocenters. The van der Waals surface area contributed by atoms with Crippen LogP contribution in [0.15, 0.2) is 18.2 Å². The van der Waals surface area contributed by atoms with Crippen molar-refractivity contribution in [1.29, 1.82) is 0 Å². The van der Waals surface area contributed by atoms with Gasteiger partial charge in [0.1, 0.15) is 5.82 Å². The van der Waals surface area contributed by atoms with Gasteiger partial charge in [0.2, 0.25) is 5.88 Å². The van der Waals surface area contributed by atoms with E-state index in [1.807, 2.05) is 25.1 Å². The lowest BCUT2D eigenvalue weighted by Crippen LogP contribution is -2.31. The predicted octanol–water partition coefficient (Wildman–Crippen LogP) is 2.23. The topological polar surface area (TPSA) is 37.4 Å². The fourth-order valence-electron chi connectivity index (χ4n) is 1.36. The Balaban J connectivity index is 2.38. The van der Waals surface area contributed by atoms with E-state index in [2.05, 4.69) is 36.1 Å². The summed E-state index contributed by atoms with van der Waals surface area (Å²) in [5.74, 6) is 1.54. The second-order valence-corrected chi connectivity index (χ2v) is 4.30. The predicted molar refractivity (Wildman–Crippen MR) is 71.7 cm³/mol. The largest absolute Gasteiger partial charge is 0.478 e. The van der Waals surface area contributed by atoms with Gasteiger partial charge < -0.3 is 15.0 Å². The Bertz CT molecular complexity index is 328. The van der Waals surface area contributed by atoms with Crippen molar-refractivity contribution in [2.75, 3.05) is 32.1 Å². The Hall–Kier alpha value is -1.29. The molecule has 1 N–H and O–H groups in total. The maximum absolute atomic E-state index is 5.35. The second kappa shape index (κ2) is 7.12. The van der Waals surface area contributed by atoms with E-state index >= 15 is 0 Å². The van der Waals surface area contributed by atoms with Crippen LogP contribution in [0.1, 0.15) is 20.8 Å². The number of rotatable bonds is 7. The van der Waals surface area contributed by atoms with Gasteiger partial charge >= 0.3 is 0 Å². The molecule has 0 aliphatic carbocycles. The van der Waals surface area contributed by atoms with Gasteiger partial charge in [0.15, 0.2) is 0 Å². The quantitative estimate of drug-likeness (QED) is 0.789. The van der Waals surface area contributed by atoms with Crippen LogP contribution in [0.5, 0.6) is 5.88 Å². The minimum absolute atomic E-state index is 0.569. The van der Waals surface area contributed by atoms with Crippen molar-refractivity contribution < 1.29 is 4.74 Å². The molecule has 4 heteroatoms. The van der Waals surface area contributed by atoms with Gasteiger partial charge in [-0.15, -0.1) is 0 Å². The van der Waals surface area contributed by atoms with E-state index in [9.17, 15) is 0 Å². The first-order chi connectivity index (χ1) is 8.13. The molecule has 0 saturated carbocycles. The number of hydrogen-bond acceptors (Lipinski definition) is 4. The molecule has 1 aromatic rings. The lowest BCUT2D eigenvalue weighted by atomic mass is 10.3. The summed E-state index contributed by atoms with van der Waals surface area (Å²) in [6.45, 7) is 8.86. The summed E-state index contributed by atoms with van der Waals surface area (Å²) in [7, 11) is 2.12. The second-order valence-electron chi connectivity index (χ2n) is 4.30. The van der Waals surface area contributed by atoms with Crippen molar-refractivity contribution in [2.45, 2.75) is 26.8 Å². The number of nitrogens with one attached hydrogen (secondary N) is 1. The summed E-state index contributed by atoms with van der Waals surface area (Å²) in [4.78, 5) is 6.64. The summed E-state index contributed by atoms with van der Waals surface area (Å²) >= 11 is 0. The number of pyridine rings is 1. The number of aromatic nitrogens is 1. The molecule has 0 saturated heterocycles. The Morgan fingerprint density at radius 1 is 1.41 bits per heavy atom. The highest BCUT2D eigenvalue weighted by Gasteiger charge is 2.02. The van der Waals surface area contributed by atoms with Gasteiger partial charge in [-0.2, -0.15) is 4.98 Å². The molecule has 17 heavy (non-hydrogen) atoms. The highest BCUT2D eigenvalue weighted by molar-refractivity contribution is 5.36. The molecule has 0 radical (unpaired) electrons. The SMILES string of the molecule is CCOc1cccc(NCCN(C)C(C)C)n1. The molecular formula is C13H23N3O. The van der Waals surface area contributed by atoms with Crippen molar-refractivity contribution >= 4 is 5.82 Å². The van der Waals surface area contributed by atoms with E-state index in [1.165, 1.54) is 0 Å². The molecule has 1 heterocycles. The summed E-state index contributed by atoms with van der Waals surface area (Å²) in [5.41, 5.74) is 0. The van der Waals surface area contributed by atoms with Crippen molar-refractivity contribution in [3.05, 3.63) is 18.2 Å². The van der Waals surface area contributed by atoms with Crippen LogP contribution in [0.3, 0.4) is 0 Å². The fraction of sp³-hybridized carbons (Fsp3) is 0.615. The highest BCUT2D eigenvalue weighted by atomic mass is 16.5. The van der Waals surface area contributed by atoms with Gasteiger partial charge in [0, 0.05) is 25.2 Å². The molecule has 96 valence electrons. The fourth-order valence-corrected chi connectivity index (χ4v) is 1.36. The van der Waals surface area contributed by atoms with E-state index in [4.69, 9.17) is 4.74 Å². The number of nitrogens with zero attached hydrogens (tertiary/aromatic N) is 2. The molecular weight excluding hydrogens is 214 g/mol. The Kier molecular flexibility index (Phi) is 5.77. The Morgan fingerprint density at radius 2 is 2.18 bits per heavy atom. The Labute approximate surface area is 104 Å². The standard InChI is InChI=1S/C13H23N3O/c1-5-17-13-8-6-7-12(15-13)14-9-10-16(4)11(2)3/h6-8,11H,5,9-10H2,1-4H3,(H,14,15). The van der Waals surface area contributed by atoms with E-state index < -0.39 is 0 Å². The van der Waals surface area contributed by atoms with E-state index in [0.29, 0.717) is 18.5 Å². The zero-order valence-electron chi connectivity index (χ0n) is 11.2. The molecule has 0 bridgehead atoms. The molecule has 0 fully saturated rings. The third kappa shape index (κ3) is 5.04. The average molecular weight is 237 g/mol. The summed E-state index contributed by atoms with van der Waals surface area (Å²) in [6.07, 6.45) is 0. The van der Waals surface area contributed by atoms with Crippen LogP contribution in [-0.4, -0.2) is 42.7 Å². The van der Waals surface area contributed by atoms with Crippen LogP contribution < -0.4 is 10.1 Å². The lowest BCUT2D eigenvalue weighted by molar-refractivity contribution is 0.284. The summed E-state index contributed by atoms with van der Waals surface area (Å²) < 4.78 is 5.35. The van der Waals surface area contributed by atoms with Gasteiger partial charge in [-0.3, -0.25) is 0 Å². The van der Waals surface area contributed by atoms with Gasteiger partial charge in [-0.25, -0.2) is 0 Å². The van der Waals surface area contributed by atoms with Crippen LogP contribution in [-0.2, 0) is 0 Å². The molecule has 4 nitrogen and oxygen atoms in total. The zero-order valence-corrected chi connectivity index (χ0v) is 11.2. The van der Waals surface area contributed by atoms with Crippen LogP contribution in [0, 0.1) is 0 Å². The van der Waals surface area contributed by atoms with E-state index in [-0.39, 0.29) is 0 Å². The normalized spacial score (nSPS) is 10.9. The van der Waals surface area contributed by atoms with E-state index in [0.717, 1.165) is 18.9 Å². The average Bonchev–Trinajstić information content (AvgIpc) is 2.29. The summed E-state index contributed by atoms with van der Waals surface area (Å²) in [5, 5.41) is 3.30. The highest BCUT2D eigenvalue weighted by Crippen LogP contribution is 2.10. The van der Waals surface area contributed by atoms with Crippen LogP contribution in [0.2, 0.25) is 0 Å². The lowest BCUT2D eigenvalue weighted by Gasteiger charge is -2.21. The molecule has 0 aliphatic rings. The van der Waals surface area contributed by atoms with Gasteiger partial charge in [-0.05, 0) is 33.9 Å². The third-order valence-electron chi connectivity index (χ3n) is 2.67. The van der Waals surface area contributed by atoms with Gasteiger partial charge in [0.05, 0.1) is 6.61 Å². The van der Waals surface area contributed by atoms with Crippen molar-refractivity contribution in [2.24, 2.45) is 0 Å². The maximum atomic E-state index is 5.35. The first-order valence-electron chi connectivity index (χ1n) is 6.17. The van der Waals surface area contributed by atoms with Gasteiger partial charge in [-0.1, -0.05) is 6.07 Å². The zero-order chi connectivity index (χ0) is 12.7. The number of ether oxygens (including phenoxy) is 1. The van der Waals surface area contributed by atoms with Crippen LogP contribution in [0.4, 0.5) is 5.82 Å². The molecule has 0 aromatic carbocycles. The summed E-state index contributed by atoms with van der Waals surface area (Å²) in [6, 6.07) is 6.35. The Morgan fingerprint density at radius 3 is 2.82 bits per heavy atom. The number of anilines is 1. The minimum atomic E-state index is 0.569. The molecule has 0 spiro atoms. The monoisotopic (exact) mass is 237 g/mol. The molecule has 0 amide bonds. The van der Waals surface area contributed by atoms with Crippen LogP contribution >= 0.6 is 0 Å². The number of hydrogen-bond donors (Lipinski definition) is 1.